The van der Waals surface area contributed by atoms with Gasteiger partial charge in [-0.05, 0) is 24.4 Å². The van der Waals surface area contributed by atoms with E-state index in [1.165, 1.54) is 0 Å². The van der Waals surface area contributed by atoms with Gasteiger partial charge in [0.2, 0.25) is 0 Å². The predicted octanol–water partition coefficient (Wildman–Crippen LogP) is 2.75. The molecule has 6 heteroatoms. The number of hydrogen-bond acceptors (Lipinski definition) is 3. The minimum absolute atomic E-state index is 0.487. The zero-order chi connectivity index (χ0) is 18.0. The Balaban J connectivity index is 1.62. The third-order valence-corrected chi connectivity index (χ3v) is 4.34. The molecule has 1 aliphatic heterocycles. The molecule has 2 aromatic carbocycles. The van der Waals surface area contributed by atoms with Gasteiger partial charge in [0.25, 0.3) is 0 Å². The number of rotatable bonds is 5. The minimum Gasteiger partial charge on any atom is -0.379 e. The van der Waals surface area contributed by atoms with E-state index < -0.39 is 0 Å². The maximum atomic E-state index is 5.43. The fourth-order valence-corrected chi connectivity index (χ4v) is 2.90. The molecular formula is C20H24N4OS. The number of thiocarbonyl (C=S) groups is 1. The largest absolute Gasteiger partial charge is 0.379 e. The average molecular weight is 369 g/mol. The van der Waals surface area contributed by atoms with Crippen LogP contribution in [-0.2, 0) is 4.74 Å². The monoisotopic (exact) mass is 368 g/mol. The number of amidine groups is 1. The highest BCUT2D eigenvalue weighted by molar-refractivity contribution is 7.80. The standard InChI is InChI=1S/C20H24N4OS/c26-20(21-11-12-24-13-15-25-16-14-24)23-19(17-7-3-1-4-8-17)22-18-9-5-2-6-10-18/h1-10H,11-16H2,(H2,21,22,23,26). The number of aliphatic imine (C=N–C) groups is 1. The smallest absolute Gasteiger partial charge is 0.194 e. The van der Waals surface area contributed by atoms with Gasteiger partial charge in [-0.25, -0.2) is 4.99 Å². The van der Waals surface area contributed by atoms with Crippen LogP contribution in [0.3, 0.4) is 0 Å². The van der Waals surface area contributed by atoms with Gasteiger partial charge < -0.3 is 15.4 Å². The van der Waals surface area contributed by atoms with Crippen molar-refractivity contribution in [1.82, 2.24) is 10.2 Å². The summed E-state index contributed by atoms with van der Waals surface area (Å²) in [6, 6.07) is 20.0. The number of hydrogen-bond donors (Lipinski definition) is 2. The Morgan fingerprint density at radius 1 is 1.00 bits per heavy atom. The molecule has 0 aliphatic carbocycles. The van der Waals surface area contributed by atoms with Crippen molar-refractivity contribution in [3.05, 3.63) is 66.2 Å². The van der Waals surface area contributed by atoms with E-state index in [2.05, 4.69) is 20.5 Å². The van der Waals surface area contributed by atoms with Gasteiger partial charge in [0, 0.05) is 37.4 Å². The van der Waals surface area contributed by atoms with Crippen LogP contribution in [0.25, 0.3) is 0 Å². The Bertz CT molecular complexity index is 715. The molecule has 1 fully saturated rings. The molecule has 0 aromatic heterocycles. The van der Waals surface area contributed by atoms with Crippen molar-refractivity contribution in [3.8, 4) is 0 Å². The summed E-state index contributed by atoms with van der Waals surface area (Å²) < 4.78 is 5.37. The summed E-state index contributed by atoms with van der Waals surface area (Å²) in [5, 5.41) is 7.09. The lowest BCUT2D eigenvalue weighted by Gasteiger charge is -2.26. The lowest BCUT2D eigenvalue weighted by atomic mass is 10.2. The van der Waals surface area contributed by atoms with E-state index in [-0.39, 0.29) is 0 Å². The van der Waals surface area contributed by atoms with Crippen molar-refractivity contribution < 1.29 is 4.74 Å². The first-order valence-electron chi connectivity index (χ1n) is 8.85. The highest BCUT2D eigenvalue weighted by atomic mass is 32.1. The van der Waals surface area contributed by atoms with E-state index >= 15 is 0 Å². The molecule has 2 N–H and O–H groups in total. The van der Waals surface area contributed by atoms with Crippen LogP contribution >= 0.6 is 12.2 Å². The zero-order valence-electron chi connectivity index (χ0n) is 14.7. The fourth-order valence-electron chi connectivity index (χ4n) is 2.71. The lowest BCUT2D eigenvalue weighted by Crippen LogP contribution is -2.41. The molecule has 0 radical (unpaired) electrons. The number of benzene rings is 2. The van der Waals surface area contributed by atoms with Gasteiger partial charge in [-0.2, -0.15) is 0 Å². The van der Waals surface area contributed by atoms with E-state index in [4.69, 9.17) is 17.0 Å². The van der Waals surface area contributed by atoms with Gasteiger partial charge in [-0.1, -0.05) is 48.5 Å². The third-order valence-electron chi connectivity index (χ3n) is 4.11. The summed E-state index contributed by atoms with van der Waals surface area (Å²) >= 11 is 5.43. The molecule has 3 rings (SSSR count). The molecule has 0 saturated carbocycles. The van der Waals surface area contributed by atoms with E-state index in [0.717, 1.165) is 56.5 Å². The molecular weight excluding hydrogens is 344 g/mol. The summed E-state index contributed by atoms with van der Waals surface area (Å²) in [5.41, 5.74) is 1.97. The maximum absolute atomic E-state index is 5.43. The first kappa shape index (κ1) is 18.5. The van der Waals surface area contributed by atoms with Crippen LogP contribution in [0, 0.1) is 0 Å². The normalized spacial score (nSPS) is 15.5. The van der Waals surface area contributed by atoms with Crippen molar-refractivity contribution >= 4 is 28.9 Å². The first-order chi connectivity index (χ1) is 12.8. The second-order valence-electron chi connectivity index (χ2n) is 6.00. The van der Waals surface area contributed by atoms with Crippen LogP contribution in [0.15, 0.2) is 65.7 Å². The molecule has 1 saturated heterocycles. The molecule has 136 valence electrons. The Hall–Kier alpha value is -2.28. The maximum Gasteiger partial charge on any atom is 0.194 e. The first-order valence-corrected chi connectivity index (χ1v) is 9.26. The van der Waals surface area contributed by atoms with Crippen LogP contribution in [0.2, 0.25) is 0 Å². The molecule has 2 aromatic rings. The van der Waals surface area contributed by atoms with E-state index in [9.17, 15) is 0 Å². The Labute approximate surface area is 160 Å². The van der Waals surface area contributed by atoms with Gasteiger partial charge in [-0.3, -0.25) is 4.90 Å². The number of morpholine rings is 1. The topological polar surface area (TPSA) is 48.9 Å². The number of ether oxygens (including phenoxy) is 1. The quantitative estimate of drug-likeness (QED) is 0.483. The summed E-state index contributed by atoms with van der Waals surface area (Å²) in [7, 11) is 0. The minimum atomic E-state index is 0.487. The molecule has 0 atom stereocenters. The molecule has 5 nitrogen and oxygen atoms in total. The van der Waals surface area contributed by atoms with Gasteiger partial charge in [0.05, 0.1) is 13.2 Å². The summed E-state index contributed by atoms with van der Waals surface area (Å²) in [6.45, 7) is 5.27. The molecule has 0 spiro atoms. The van der Waals surface area contributed by atoms with Crippen LogP contribution in [0.1, 0.15) is 5.56 Å². The van der Waals surface area contributed by atoms with Crippen molar-refractivity contribution in [2.24, 2.45) is 4.99 Å². The second-order valence-corrected chi connectivity index (χ2v) is 6.39. The van der Waals surface area contributed by atoms with Crippen molar-refractivity contribution in [1.29, 1.82) is 0 Å². The Kier molecular flexibility index (Phi) is 7.13. The molecule has 1 heterocycles. The number of anilines is 1. The average Bonchev–Trinajstić information content (AvgIpc) is 2.70. The van der Waals surface area contributed by atoms with E-state index in [1.807, 2.05) is 60.7 Å². The van der Waals surface area contributed by atoms with Crippen molar-refractivity contribution in [3.63, 3.8) is 0 Å². The zero-order valence-corrected chi connectivity index (χ0v) is 15.5. The van der Waals surface area contributed by atoms with Crippen molar-refractivity contribution in [2.75, 3.05) is 44.7 Å². The molecule has 1 aliphatic rings. The van der Waals surface area contributed by atoms with Crippen LogP contribution in [-0.4, -0.2) is 55.2 Å². The van der Waals surface area contributed by atoms with Crippen LogP contribution in [0.4, 0.5) is 5.69 Å². The second kappa shape index (κ2) is 10.0. The summed E-state index contributed by atoms with van der Waals surface area (Å²) in [4.78, 5) is 6.97. The molecule has 0 amide bonds. The van der Waals surface area contributed by atoms with Crippen molar-refractivity contribution in [2.45, 2.75) is 0 Å². The third kappa shape index (κ3) is 5.91. The van der Waals surface area contributed by atoms with Gasteiger partial charge >= 0.3 is 0 Å². The van der Waals surface area contributed by atoms with Gasteiger partial charge in [0.1, 0.15) is 5.84 Å². The Morgan fingerprint density at radius 3 is 2.35 bits per heavy atom. The molecule has 0 bridgehead atoms. The lowest BCUT2D eigenvalue weighted by molar-refractivity contribution is 0.0389. The summed E-state index contributed by atoms with van der Waals surface area (Å²) in [5.74, 6) is 0.737. The van der Waals surface area contributed by atoms with E-state index in [1.54, 1.807) is 0 Å². The number of para-hydroxylation sites is 1. The highest BCUT2D eigenvalue weighted by Gasteiger charge is 2.10. The highest BCUT2D eigenvalue weighted by Crippen LogP contribution is 2.09. The Morgan fingerprint density at radius 2 is 1.65 bits per heavy atom. The molecule has 0 unspecified atom stereocenters. The number of nitrogens with zero attached hydrogens (tertiary/aromatic N) is 2. The fraction of sp³-hybridized carbons (Fsp3) is 0.300. The van der Waals surface area contributed by atoms with Gasteiger partial charge in [0.15, 0.2) is 5.11 Å². The number of nitrogens with one attached hydrogen (secondary N) is 2. The predicted molar refractivity (Wildman–Crippen MR) is 111 cm³/mol. The molecule has 26 heavy (non-hydrogen) atoms. The van der Waals surface area contributed by atoms with E-state index in [0.29, 0.717) is 5.11 Å². The van der Waals surface area contributed by atoms with Gasteiger partial charge in [-0.15, -0.1) is 0 Å². The SMILES string of the molecule is S=C(/N=C(\Nc1ccccc1)c1ccccc1)NCCN1CCOCC1. The van der Waals surface area contributed by atoms with Crippen LogP contribution < -0.4 is 10.6 Å². The van der Waals surface area contributed by atoms with Crippen LogP contribution in [0.5, 0.6) is 0 Å². The summed E-state index contributed by atoms with van der Waals surface area (Å²) in [6.07, 6.45) is 0.